The second-order valence-electron chi connectivity index (χ2n) is 3.17. The molecule has 0 amide bonds. The third-order valence-corrected chi connectivity index (χ3v) is 2.14. The third-order valence-electron chi connectivity index (χ3n) is 2.14. The molecule has 0 saturated carbocycles. The van der Waals surface area contributed by atoms with Crippen molar-refractivity contribution < 1.29 is 9.47 Å². The molecule has 86 valence electrons. The van der Waals surface area contributed by atoms with Gasteiger partial charge in [-0.3, -0.25) is 4.98 Å². The second kappa shape index (κ2) is 6.30. The lowest BCUT2D eigenvalue weighted by molar-refractivity contribution is 0.147. The lowest BCUT2D eigenvalue weighted by Crippen LogP contribution is -2.04. The number of rotatable bonds is 4. The molecule has 2 aromatic rings. The van der Waals surface area contributed by atoms with Gasteiger partial charge in [-0.25, -0.2) is 0 Å². The fourth-order valence-electron chi connectivity index (χ4n) is 1.43. The van der Waals surface area contributed by atoms with Crippen molar-refractivity contribution in [3.05, 3.63) is 36.5 Å². The normalized spacial score (nSPS) is 9.81. The monoisotopic (exact) mass is 239 g/mol. The molecule has 0 aliphatic carbocycles. The van der Waals surface area contributed by atoms with E-state index in [4.69, 9.17) is 9.47 Å². The summed E-state index contributed by atoms with van der Waals surface area (Å²) in [6, 6.07) is 9.84. The van der Waals surface area contributed by atoms with E-state index in [1.165, 1.54) is 0 Å². The van der Waals surface area contributed by atoms with Crippen molar-refractivity contribution >= 4 is 23.3 Å². The van der Waals surface area contributed by atoms with Gasteiger partial charge in [0.1, 0.15) is 17.9 Å². The van der Waals surface area contributed by atoms with Crippen molar-refractivity contribution in [1.82, 2.24) is 4.98 Å². The zero-order valence-electron chi connectivity index (χ0n) is 9.05. The maximum Gasteiger partial charge on any atom is 0.145 e. The topological polar surface area (TPSA) is 31.4 Å². The molecule has 0 N–H and O–H groups in total. The summed E-state index contributed by atoms with van der Waals surface area (Å²) in [5.41, 5.74) is 0.899. The first-order valence-corrected chi connectivity index (χ1v) is 4.87. The fourth-order valence-corrected chi connectivity index (χ4v) is 1.43. The number of para-hydroxylation sites is 1. The number of hydrogen-bond donors (Lipinski definition) is 0. The smallest absolute Gasteiger partial charge is 0.145 e. The van der Waals surface area contributed by atoms with Crippen molar-refractivity contribution in [1.29, 1.82) is 0 Å². The standard InChI is InChI=1S/C12H13NO2.ClH/c1-14-8-9-15-11-6-2-4-10-5-3-7-13-12(10)11;/h2-7H,8-9H2,1H3;1H. The number of pyridine rings is 1. The molecule has 1 heterocycles. The van der Waals surface area contributed by atoms with Gasteiger partial charge in [0.25, 0.3) is 0 Å². The van der Waals surface area contributed by atoms with Gasteiger partial charge in [-0.2, -0.15) is 0 Å². The first-order valence-electron chi connectivity index (χ1n) is 4.87. The van der Waals surface area contributed by atoms with E-state index in [2.05, 4.69) is 4.98 Å². The molecular weight excluding hydrogens is 226 g/mol. The van der Waals surface area contributed by atoms with Crippen LogP contribution >= 0.6 is 12.4 Å². The van der Waals surface area contributed by atoms with Crippen LogP contribution in [0.1, 0.15) is 0 Å². The molecule has 0 saturated heterocycles. The Bertz CT molecular complexity index is 442. The minimum Gasteiger partial charge on any atom is -0.489 e. The highest BCUT2D eigenvalue weighted by Gasteiger charge is 2.01. The van der Waals surface area contributed by atoms with Crippen LogP contribution in [0, 0.1) is 0 Å². The summed E-state index contributed by atoms with van der Waals surface area (Å²) < 4.78 is 10.5. The molecule has 0 fully saturated rings. The van der Waals surface area contributed by atoms with E-state index in [1.54, 1.807) is 13.3 Å². The lowest BCUT2D eigenvalue weighted by atomic mass is 10.2. The van der Waals surface area contributed by atoms with Crippen molar-refractivity contribution in [2.24, 2.45) is 0 Å². The summed E-state index contributed by atoms with van der Waals surface area (Å²) >= 11 is 0. The van der Waals surface area contributed by atoms with Crippen LogP contribution in [0.5, 0.6) is 5.75 Å². The zero-order valence-corrected chi connectivity index (χ0v) is 9.87. The number of ether oxygens (including phenoxy) is 2. The van der Waals surface area contributed by atoms with Gasteiger partial charge in [-0.15, -0.1) is 12.4 Å². The van der Waals surface area contributed by atoms with E-state index in [1.807, 2.05) is 30.3 Å². The summed E-state index contributed by atoms with van der Waals surface area (Å²) in [7, 11) is 1.66. The molecule has 0 spiro atoms. The number of aromatic nitrogens is 1. The summed E-state index contributed by atoms with van der Waals surface area (Å²) in [6.07, 6.45) is 1.77. The number of nitrogens with zero attached hydrogens (tertiary/aromatic N) is 1. The van der Waals surface area contributed by atoms with Crippen LogP contribution in [0.25, 0.3) is 10.9 Å². The first-order chi connectivity index (χ1) is 7.42. The number of methoxy groups -OCH3 is 1. The van der Waals surface area contributed by atoms with E-state index in [0.29, 0.717) is 13.2 Å². The average Bonchev–Trinajstić information content (AvgIpc) is 2.30. The summed E-state index contributed by atoms with van der Waals surface area (Å²) in [6.45, 7) is 1.13. The van der Waals surface area contributed by atoms with Gasteiger partial charge in [0.05, 0.1) is 6.61 Å². The molecule has 1 aromatic heterocycles. The molecule has 0 radical (unpaired) electrons. The molecule has 0 unspecified atom stereocenters. The minimum absolute atomic E-state index is 0. The van der Waals surface area contributed by atoms with E-state index in [-0.39, 0.29) is 12.4 Å². The fraction of sp³-hybridized carbons (Fsp3) is 0.250. The Hall–Kier alpha value is -1.32. The van der Waals surface area contributed by atoms with Crippen LogP contribution in [0.2, 0.25) is 0 Å². The average molecular weight is 240 g/mol. The van der Waals surface area contributed by atoms with Gasteiger partial charge in [-0.05, 0) is 12.1 Å². The molecule has 0 aliphatic rings. The van der Waals surface area contributed by atoms with E-state index < -0.39 is 0 Å². The van der Waals surface area contributed by atoms with E-state index >= 15 is 0 Å². The van der Waals surface area contributed by atoms with Gasteiger partial charge < -0.3 is 9.47 Å². The highest BCUT2D eigenvalue weighted by Crippen LogP contribution is 2.22. The highest BCUT2D eigenvalue weighted by atomic mass is 35.5. The predicted octanol–water partition coefficient (Wildman–Crippen LogP) is 2.68. The Morgan fingerprint density at radius 1 is 1.12 bits per heavy atom. The molecule has 1 aromatic carbocycles. The van der Waals surface area contributed by atoms with Gasteiger partial charge >= 0.3 is 0 Å². The Kier molecular flexibility index (Phi) is 5.02. The van der Waals surface area contributed by atoms with Crippen molar-refractivity contribution in [2.75, 3.05) is 20.3 Å². The highest BCUT2D eigenvalue weighted by molar-refractivity contribution is 5.85. The Labute approximate surface area is 101 Å². The molecule has 0 atom stereocenters. The minimum atomic E-state index is 0. The maximum atomic E-state index is 5.57. The van der Waals surface area contributed by atoms with Gasteiger partial charge in [0.2, 0.25) is 0 Å². The van der Waals surface area contributed by atoms with Crippen molar-refractivity contribution in [3.8, 4) is 5.75 Å². The second-order valence-corrected chi connectivity index (χ2v) is 3.17. The molecule has 16 heavy (non-hydrogen) atoms. The SMILES string of the molecule is COCCOc1cccc2cccnc12.Cl. The van der Waals surface area contributed by atoms with Crippen LogP contribution < -0.4 is 4.74 Å². The number of hydrogen-bond acceptors (Lipinski definition) is 3. The molecule has 3 nitrogen and oxygen atoms in total. The van der Waals surface area contributed by atoms with E-state index in [0.717, 1.165) is 16.7 Å². The van der Waals surface area contributed by atoms with Crippen LogP contribution in [-0.4, -0.2) is 25.3 Å². The van der Waals surface area contributed by atoms with Crippen LogP contribution in [-0.2, 0) is 4.74 Å². The summed E-state index contributed by atoms with van der Waals surface area (Å²) in [4.78, 5) is 4.29. The predicted molar refractivity (Wildman–Crippen MR) is 66.4 cm³/mol. The van der Waals surface area contributed by atoms with Crippen LogP contribution in [0.3, 0.4) is 0 Å². The number of halogens is 1. The van der Waals surface area contributed by atoms with Crippen LogP contribution in [0.15, 0.2) is 36.5 Å². The number of benzene rings is 1. The Morgan fingerprint density at radius 3 is 2.75 bits per heavy atom. The maximum absolute atomic E-state index is 5.57. The van der Waals surface area contributed by atoms with Gasteiger partial charge in [-0.1, -0.05) is 18.2 Å². The van der Waals surface area contributed by atoms with Gasteiger partial charge in [0.15, 0.2) is 0 Å². The molecule has 0 aliphatic heterocycles. The summed E-state index contributed by atoms with van der Waals surface area (Å²) in [5.74, 6) is 0.810. The van der Waals surface area contributed by atoms with Crippen LogP contribution in [0.4, 0.5) is 0 Å². The Morgan fingerprint density at radius 2 is 1.94 bits per heavy atom. The first kappa shape index (κ1) is 12.7. The lowest BCUT2D eigenvalue weighted by Gasteiger charge is -2.07. The molecule has 0 bridgehead atoms. The Balaban J connectivity index is 0.00000128. The zero-order chi connectivity index (χ0) is 10.5. The largest absolute Gasteiger partial charge is 0.489 e. The summed E-state index contributed by atoms with van der Waals surface area (Å²) in [5, 5.41) is 1.09. The van der Waals surface area contributed by atoms with Crippen molar-refractivity contribution in [2.45, 2.75) is 0 Å². The molecular formula is C12H14ClNO2. The number of fused-ring (bicyclic) bond motifs is 1. The third kappa shape index (κ3) is 2.84. The van der Waals surface area contributed by atoms with Crippen molar-refractivity contribution in [3.63, 3.8) is 0 Å². The quantitative estimate of drug-likeness (QED) is 0.769. The molecule has 4 heteroatoms. The molecule has 2 rings (SSSR count). The van der Waals surface area contributed by atoms with E-state index in [9.17, 15) is 0 Å². The van der Waals surface area contributed by atoms with Gasteiger partial charge in [0, 0.05) is 18.7 Å².